The number of carboxylic acids is 1. The van der Waals surface area contributed by atoms with Crippen LogP contribution in [0, 0.1) is 0 Å². The van der Waals surface area contributed by atoms with E-state index in [4.69, 9.17) is 0 Å². The predicted octanol–water partition coefficient (Wildman–Crippen LogP) is 3.00. The van der Waals surface area contributed by atoms with Crippen molar-refractivity contribution in [2.24, 2.45) is 0 Å². The number of hydrogen-bond acceptors (Lipinski definition) is 3. The lowest BCUT2D eigenvalue weighted by Crippen LogP contribution is -2.08. The molecule has 0 spiro atoms. The van der Waals surface area contributed by atoms with Gasteiger partial charge in [0.2, 0.25) is 0 Å². The van der Waals surface area contributed by atoms with Crippen LogP contribution < -0.4 is 4.31 Å². The number of aromatic nitrogens is 1. The molecular weight excluding hydrogens is 260 g/mol. The minimum absolute atomic E-state index is 0.358. The van der Waals surface area contributed by atoms with Gasteiger partial charge in [0.25, 0.3) is 0 Å². The molecule has 0 aliphatic carbocycles. The monoisotopic (exact) mass is 276 g/mol. The van der Waals surface area contributed by atoms with Crippen molar-refractivity contribution in [2.75, 3.05) is 17.1 Å². The van der Waals surface area contributed by atoms with Crippen LogP contribution in [0.5, 0.6) is 0 Å². The van der Waals surface area contributed by atoms with Crippen LogP contribution in [-0.2, 0) is 13.0 Å². The smallest absolute Gasteiger partial charge is 0.335 e. The largest absolute Gasteiger partial charge is 0.478 e. The summed E-state index contributed by atoms with van der Waals surface area (Å²) in [6.45, 7) is 2.94. The van der Waals surface area contributed by atoms with Gasteiger partial charge in [0.05, 0.1) is 16.8 Å². The van der Waals surface area contributed by atoms with Crippen LogP contribution >= 0.6 is 11.9 Å². The first-order valence-electron chi connectivity index (χ1n) is 6.37. The summed E-state index contributed by atoms with van der Waals surface area (Å²) in [4.78, 5) is 11.3. The summed E-state index contributed by atoms with van der Waals surface area (Å²) >= 11 is 1.74. The normalized spacial score (nSPS) is 14.7. The first-order chi connectivity index (χ1) is 9.11. The van der Waals surface area contributed by atoms with E-state index in [-0.39, 0.29) is 0 Å². The maximum absolute atomic E-state index is 11.3. The second kappa shape index (κ2) is 4.49. The lowest BCUT2D eigenvalue weighted by molar-refractivity contribution is 0.0697. The van der Waals surface area contributed by atoms with E-state index in [1.165, 1.54) is 10.9 Å². The van der Waals surface area contributed by atoms with E-state index in [1.54, 1.807) is 24.1 Å². The molecule has 0 fully saturated rings. The van der Waals surface area contributed by atoms with Gasteiger partial charge in [-0.05, 0) is 43.0 Å². The molecule has 0 saturated heterocycles. The number of rotatable bonds is 2. The quantitative estimate of drug-likeness (QED) is 0.856. The van der Waals surface area contributed by atoms with Crippen LogP contribution in [0.25, 0.3) is 10.9 Å². The third-order valence-corrected chi connectivity index (χ3v) is 4.59. The molecule has 100 valence electrons. The number of hydrogen-bond donors (Lipinski definition) is 1. The van der Waals surface area contributed by atoms with E-state index in [1.807, 2.05) is 7.05 Å². The zero-order chi connectivity index (χ0) is 13.6. The molecule has 0 atom stereocenters. The van der Waals surface area contributed by atoms with Gasteiger partial charge in [-0.3, -0.25) is 0 Å². The maximum atomic E-state index is 11.3. The Hall–Kier alpha value is -1.62. The van der Waals surface area contributed by atoms with Crippen molar-refractivity contribution in [1.29, 1.82) is 0 Å². The summed E-state index contributed by atoms with van der Waals surface area (Å²) in [6, 6.07) is 3.57. The van der Waals surface area contributed by atoms with Gasteiger partial charge in [0, 0.05) is 30.9 Å². The van der Waals surface area contributed by atoms with Crippen LogP contribution in [-0.4, -0.2) is 28.4 Å². The fraction of sp³-hybridized carbons (Fsp3) is 0.357. The average molecular weight is 276 g/mol. The number of anilines is 1. The van der Waals surface area contributed by atoms with Gasteiger partial charge >= 0.3 is 5.97 Å². The summed E-state index contributed by atoms with van der Waals surface area (Å²) < 4.78 is 4.23. The second-order valence-electron chi connectivity index (χ2n) is 4.72. The fourth-order valence-corrected chi connectivity index (χ4v) is 3.54. The van der Waals surface area contributed by atoms with Crippen LogP contribution in [0.15, 0.2) is 18.3 Å². The number of aromatic carboxylic acids is 1. The van der Waals surface area contributed by atoms with Crippen LogP contribution in [0.4, 0.5) is 5.69 Å². The number of carbonyl (C=O) groups is 1. The van der Waals surface area contributed by atoms with Gasteiger partial charge in [-0.25, -0.2) is 4.79 Å². The molecule has 19 heavy (non-hydrogen) atoms. The van der Waals surface area contributed by atoms with E-state index in [9.17, 15) is 9.90 Å². The van der Waals surface area contributed by atoms with Crippen molar-refractivity contribution < 1.29 is 9.90 Å². The summed E-state index contributed by atoms with van der Waals surface area (Å²) in [6.07, 6.45) is 3.19. The minimum atomic E-state index is -0.869. The summed E-state index contributed by atoms with van der Waals surface area (Å²) in [5, 5.41) is 10.5. The molecule has 0 amide bonds. The lowest BCUT2D eigenvalue weighted by atomic mass is 10.1. The van der Waals surface area contributed by atoms with Crippen LogP contribution in [0.3, 0.4) is 0 Å². The summed E-state index contributed by atoms with van der Waals surface area (Å²) in [7, 11) is 2.00. The van der Waals surface area contributed by atoms with Gasteiger partial charge in [0.15, 0.2) is 0 Å². The Morgan fingerprint density at radius 2 is 2.26 bits per heavy atom. The highest BCUT2D eigenvalue weighted by Crippen LogP contribution is 2.38. The van der Waals surface area contributed by atoms with Gasteiger partial charge < -0.3 is 14.0 Å². The molecule has 1 aliphatic heterocycles. The highest BCUT2D eigenvalue weighted by Gasteiger charge is 2.21. The molecule has 1 N–H and O–H groups in total. The standard InChI is InChI=1S/C14H16N2O2S/c1-3-16-8-9-4-5-19-15(2)11-6-10(14(17)18)7-12(16)13(9)11/h6-8H,3-5H2,1-2H3,(H,17,18). The topological polar surface area (TPSA) is 45.5 Å². The van der Waals surface area contributed by atoms with Crippen molar-refractivity contribution in [2.45, 2.75) is 19.9 Å². The van der Waals surface area contributed by atoms with Crippen molar-refractivity contribution >= 4 is 34.5 Å². The Bertz CT molecular complexity index is 663. The van der Waals surface area contributed by atoms with Gasteiger partial charge in [-0.1, -0.05) is 0 Å². The third-order valence-electron chi connectivity index (χ3n) is 3.62. The van der Waals surface area contributed by atoms with E-state index in [0.29, 0.717) is 5.56 Å². The Morgan fingerprint density at radius 1 is 1.47 bits per heavy atom. The number of nitrogens with zero attached hydrogens (tertiary/aromatic N) is 2. The Morgan fingerprint density at radius 3 is 2.95 bits per heavy atom. The molecule has 2 heterocycles. The van der Waals surface area contributed by atoms with E-state index < -0.39 is 5.97 Å². The van der Waals surface area contributed by atoms with Gasteiger partial charge in [-0.15, -0.1) is 0 Å². The first kappa shape index (κ1) is 12.4. The number of benzene rings is 1. The Balaban J connectivity index is 2.38. The third kappa shape index (κ3) is 1.89. The highest BCUT2D eigenvalue weighted by molar-refractivity contribution is 8.00. The van der Waals surface area contributed by atoms with Crippen LogP contribution in [0.1, 0.15) is 22.8 Å². The predicted molar refractivity (Wildman–Crippen MR) is 79.1 cm³/mol. The highest BCUT2D eigenvalue weighted by atomic mass is 32.2. The molecule has 1 aromatic carbocycles. The fourth-order valence-electron chi connectivity index (χ4n) is 2.67. The minimum Gasteiger partial charge on any atom is -0.478 e. The average Bonchev–Trinajstić information content (AvgIpc) is 2.67. The van der Waals surface area contributed by atoms with Crippen LogP contribution in [0.2, 0.25) is 0 Å². The molecule has 0 saturated carbocycles. The molecule has 5 heteroatoms. The number of aryl methyl sites for hydroxylation is 2. The lowest BCUT2D eigenvalue weighted by Gasteiger charge is -2.17. The summed E-state index contributed by atoms with van der Waals surface area (Å²) in [5.41, 5.74) is 3.72. The van der Waals surface area contributed by atoms with Gasteiger partial charge in [-0.2, -0.15) is 0 Å². The first-order valence-corrected chi connectivity index (χ1v) is 7.31. The second-order valence-corrected chi connectivity index (χ2v) is 5.93. The molecule has 0 bridgehead atoms. The zero-order valence-corrected chi connectivity index (χ0v) is 11.8. The molecule has 4 nitrogen and oxygen atoms in total. The molecule has 1 aromatic heterocycles. The molecule has 0 unspecified atom stereocenters. The van der Waals surface area contributed by atoms with E-state index >= 15 is 0 Å². The van der Waals surface area contributed by atoms with Crippen molar-refractivity contribution in [3.63, 3.8) is 0 Å². The van der Waals surface area contributed by atoms with Gasteiger partial charge in [0.1, 0.15) is 0 Å². The maximum Gasteiger partial charge on any atom is 0.335 e. The van der Waals surface area contributed by atoms with Crippen molar-refractivity contribution in [3.8, 4) is 0 Å². The molecule has 3 rings (SSSR count). The van der Waals surface area contributed by atoms with E-state index in [0.717, 1.165) is 29.9 Å². The molecule has 2 aromatic rings. The van der Waals surface area contributed by atoms with Crippen molar-refractivity contribution in [1.82, 2.24) is 4.57 Å². The summed E-state index contributed by atoms with van der Waals surface area (Å²) in [5.74, 6) is 0.155. The van der Waals surface area contributed by atoms with Crippen molar-refractivity contribution in [3.05, 3.63) is 29.5 Å². The van der Waals surface area contributed by atoms with E-state index in [2.05, 4.69) is 22.0 Å². The molecular formula is C14H16N2O2S. The Kier molecular flexibility index (Phi) is 2.93. The molecule has 1 aliphatic rings. The Labute approximate surface area is 116 Å². The molecule has 0 radical (unpaired) electrons. The zero-order valence-electron chi connectivity index (χ0n) is 11.0. The number of carboxylic acid groups (broad SMARTS) is 1. The SMILES string of the molecule is CCn1cc2c3c(cc(C(=O)O)cc31)N(C)SCC2.